The van der Waals surface area contributed by atoms with Gasteiger partial charge in [-0.3, -0.25) is 0 Å². The van der Waals surface area contributed by atoms with Crippen LogP contribution in [0.5, 0.6) is 5.75 Å². The molecule has 2 rings (SSSR count). The summed E-state index contributed by atoms with van der Waals surface area (Å²) in [5.41, 5.74) is 4.29. The van der Waals surface area contributed by atoms with Crippen LogP contribution >= 0.6 is 31.9 Å². The molecule has 0 spiro atoms. The lowest BCUT2D eigenvalue weighted by Crippen LogP contribution is -2.12. The van der Waals surface area contributed by atoms with E-state index in [0.29, 0.717) is 13.2 Å². The van der Waals surface area contributed by atoms with Gasteiger partial charge in [-0.05, 0) is 56.0 Å². The van der Waals surface area contributed by atoms with Gasteiger partial charge >= 0.3 is 0 Å². The van der Waals surface area contributed by atoms with Crippen LogP contribution in [0.15, 0.2) is 33.7 Å². The Bertz CT molecular complexity index is 508. The fraction of sp³-hybridized carbons (Fsp3) is 0.333. The zero-order valence-corrected chi connectivity index (χ0v) is 13.6. The molecule has 0 unspecified atom stereocenters. The Morgan fingerprint density at radius 3 is 2.42 bits per heavy atom. The molecule has 19 heavy (non-hydrogen) atoms. The van der Waals surface area contributed by atoms with Gasteiger partial charge in [-0.15, -0.1) is 10.2 Å². The fourth-order valence-corrected chi connectivity index (χ4v) is 3.03. The van der Waals surface area contributed by atoms with Crippen LogP contribution in [0, 0.1) is 0 Å². The van der Waals surface area contributed by atoms with E-state index in [-0.39, 0.29) is 0 Å². The van der Waals surface area contributed by atoms with Crippen molar-refractivity contribution < 1.29 is 4.74 Å². The fourth-order valence-electron chi connectivity index (χ4n) is 1.52. The Morgan fingerprint density at radius 1 is 1.21 bits per heavy atom. The predicted octanol–water partition coefficient (Wildman–Crippen LogP) is 3.34. The summed E-state index contributed by atoms with van der Waals surface area (Å²) >= 11 is 7.07. The molecule has 0 aliphatic rings. The minimum absolute atomic E-state index is 0.670. The number of hydrogen-bond acceptors (Lipinski definition) is 4. The van der Waals surface area contributed by atoms with Crippen LogP contribution in [0.2, 0.25) is 0 Å². The number of ether oxygens (including phenoxy) is 1. The van der Waals surface area contributed by atoms with Crippen molar-refractivity contribution in [3.8, 4) is 5.75 Å². The van der Waals surface area contributed by atoms with E-state index in [1.165, 1.54) is 0 Å². The van der Waals surface area contributed by atoms with Gasteiger partial charge in [-0.25, -0.2) is 4.68 Å². The number of halogens is 2. The van der Waals surface area contributed by atoms with Crippen molar-refractivity contribution in [2.45, 2.75) is 19.9 Å². The first kappa shape index (κ1) is 14.3. The average molecular weight is 390 g/mol. The molecule has 0 fully saturated rings. The highest BCUT2D eigenvalue weighted by Gasteiger charge is 2.08. The topological polar surface area (TPSA) is 52.0 Å². The van der Waals surface area contributed by atoms with Gasteiger partial charge in [-0.2, -0.15) is 0 Å². The van der Waals surface area contributed by atoms with Gasteiger partial charge in [0.25, 0.3) is 0 Å². The van der Waals surface area contributed by atoms with E-state index < -0.39 is 0 Å². The first-order chi connectivity index (χ1) is 9.20. The Hall–Kier alpha value is -1.08. The van der Waals surface area contributed by atoms with Crippen molar-refractivity contribution in [3.05, 3.63) is 39.3 Å². The molecule has 5 nitrogen and oxygen atoms in total. The Balaban J connectivity index is 2.06. The lowest BCUT2D eigenvalue weighted by molar-refractivity contribution is 0.313. The van der Waals surface area contributed by atoms with E-state index >= 15 is 0 Å². The molecule has 0 amide bonds. The molecule has 0 saturated heterocycles. The van der Waals surface area contributed by atoms with E-state index in [2.05, 4.69) is 54.4 Å². The monoisotopic (exact) mass is 388 g/mol. The first-order valence-corrected chi connectivity index (χ1v) is 7.48. The van der Waals surface area contributed by atoms with Gasteiger partial charge in [0.05, 0.1) is 22.1 Å². The van der Waals surface area contributed by atoms with E-state index in [9.17, 15) is 0 Å². The molecule has 0 atom stereocenters. The van der Waals surface area contributed by atoms with Crippen molar-refractivity contribution in [2.75, 3.05) is 12.0 Å². The van der Waals surface area contributed by atoms with Crippen LogP contribution in [0.1, 0.15) is 18.9 Å². The normalized spacial score (nSPS) is 10.5. The van der Waals surface area contributed by atoms with Gasteiger partial charge in [0.1, 0.15) is 18.4 Å². The van der Waals surface area contributed by atoms with Crippen LogP contribution in [0.3, 0.4) is 0 Å². The molecular formula is C12H14Br2N4O. The number of hydrogen-bond donors (Lipinski definition) is 1. The third-order valence-corrected chi connectivity index (χ3v) is 3.57. The average Bonchev–Trinajstić information content (AvgIpc) is 2.88. The first-order valence-electron chi connectivity index (χ1n) is 5.90. The molecule has 7 heteroatoms. The van der Waals surface area contributed by atoms with E-state index in [0.717, 1.165) is 26.7 Å². The van der Waals surface area contributed by atoms with Crippen molar-refractivity contribution in [1.82, 2.24) is 14.9 Å². The number of benzene rings is 1. The molecule has 1 N–H and O–H groups in total. The molecule has 102 valence electrons. The molecular weight excluding hydrogens is 376 g/mol. The van der Waals surface area contributed by atoms with Crippen LogP contribution < -0.4 is 10.2 Å². The lowest BCUT2D eigenvalue weighted by Gasteiger charge is -2.12. The third-order valence-electron chi connectivity index (χ3n) is 2.39. The molecule has 1 heterocycles. The van der Waals surface area contributed by atoms with Crippen LogP contribution in [-0.2, 0) is 6.54 Å². The van der Waals surface area contributed by atoms with E-state index in [1.54, 1.807) is 17.3 Å². The second kappa shape index (κ2) is 6.91. The summed E-state index contributed by atoms with van der Waals surface area (Å²) in [4.78, 5) is 0. The maximum Gasteiger partial charge on any atom is 0.147 e. The summed E-state index contributed by atoms with van der Waals surface area (Å²) in [5.74, 6) is 0.842. The van der Waals surface area contributed by atoms with Gasteiger partial charge in [0, 0.05) is 0 Å². The van der Waals surface area contributed by atoms with Gasteiger partial charge in [0.15, 0.2) is 0 Å². The number of rotatable bonds is 6. The minimum Gasteiger partial charge on any atom is -0.491 e. The smallest absolute Gasteiger partial charge is 0.147 e. The third kappa shape index (κ3) is 3.94. The zero-order valence-electron chi connectivity index (χ0n) is 10.4. The summed E-state index contributed by atoms with van der Waals surface area (Å²) in [6, 6.07) is 4.07. The molecule has 2 aromatic rings. The summed E-state index contributed by atoms with van der Waals surface area (Å²) in [7, 11) is 0. The second-order valence-corrected chi connectivity index (χ2v) is 5.65. The molecule has 1 aromatic heterocycles. The molecule has 0 radical (unpaired) electrons. The van der Waals surface area contributed by atoms with Gasteiger partial charge in [-0.1, -0.05) is 6.92 Å². The highest BCUT2D eigenvalue weighted by Crippen LogP contribution is 2.34. The Kier molecular flexibility index (Phi) is 5.21. The van der Waals surface area contributed by atoms with Crippen molar-refractivity contribution >= 4 is 31.9 Å². The number of nitrogens with zero attached hydrogens (tertiary/aromatic N) is 3. The van der Waals surface area contributed by atoms with E-state index in [1.807, 2.05) is 12.1 Å². The highest BCUT2D eigenvalue weighted by molar-refractivity contribution is 9.11. The summed E-state index contributed by atoms with van der Waals surface area (Å²) in [6.07, 6.45) is 4.21. The maximum absolute atomic E-state index is 5.68. The molecule has 0 saturated carbocycles. The van der Waals surface area contributed by atoms with E-state index in [4.69, 9.17) is 4.74 Å². The maximum atomic E-state index is 5.68. The Labute approximate surface area is 128 Å². The quantitative estimate of drug-likeness (QED) is 0.823. The molecule has 0 aliphatic carbocycles. The minimum atomic E-state index is 0.670. The van der Waals surface area contributed by atoms with Crippen LogP contribution in [-0.4, -0.2) is 21.5 Å². The van der Waals surface area contributed by atoms with Gasteiger partial charge < -0.3 is 10.2 Å². The summed E-state index contributed by atoms with van der Waals surface area (Å²) < 4.78 is 9.28. The molecule has 0 bridgehead atoms. The van der Waals surface area contributed by atoms with Crippen molar-refractivity contribution in [3.63, 3.8) is 0 Å². The van der Waals surface area contributed by atoms with Crippen LogP contribution in [0.4, 0.5) is 0 Å². The molecule has 0 aliphatic heterocycles. The van der Waals surface area contributed by atoms with Crippen LogP contribution in [0.25, 0.3) is 0 Å². The zero-order chi connectivity index (χ0) is 13.7. The predicted molar refractivity (Wildman–Crippen MR) is 80.7 cm³/mol. The van der Waals surface area contributed by atoms with Gasteiger partial charge in [0.2, 0.25) is 0 Å². The SMILES string of the molecule is CCCOc1c(Br)cc(CNn2cnnc2)cc1Br. The number of aromatic nitrogens is 3. The number of nitrogens with one attached hydrogen (secondary N) is 1. The standard InChI is InChI=1S/C12H14Br2N4O/c1-2-3-19-12-10(13)4-9(5-11(12)14)6-17-18-7-15-16-8-18/h4-5,7-8,17H,2-3,6H2,1H3. The van der Waals surface area contributed by atoms with Crippen molar-refractivity contribution in [1.29, 1.82) is 0 Å². The summed E-state index contributed by atoms with van der Waals surface area (Å²) in [6.45, 7) is 3.46. The second-order valence-electron chi connectivity index (χ2n) is 3.94. The Morgan fingerprint density at radius 2 is 1.84 bits per heavy atom. The summed E-state index contributed by atoms with van der Waals surface area (Å²) in [5, 5.41) is 7.46. The molecule has 1 aromatic carbocycles. The van der Waals surface area contributed by atoms with Crippen molar-refractivity contribution in [2.24, 2.45) is 0 Å². The highest BCUT2D eigenvalue weighted by atomic mass is 79.9. The lowest BCUT2D eigenvalue weighted by atomic mass is 10.2. The largest absolute Gasteiger partial charge is 0.491 e.